The first-order chi connectivity index (χ1) is 16.9. The molecule has 1 aromatic heterocycles. The predicted molar refractivity (Wildman–Crippen MR) is 121 cm³/mol. The summed E-state index contributed by atoms with van der Waals surface area (Å²) in [5.41, 5.74) is -3.78. The number of hydrogen-bond donors (Lipinski definition) is 0. The minimum Gasteiger partial charge on any atom is -0.450 e. The zero-order chi connectivity index (χ0) is 27.2. The molecule has 0 amide bonds. The Morgan fingerprint density at radius 3 is 2.36 bits per heavy atom. The molecule has 0 N–H and O–H groups in total. The first kappa shape index (κ1) is 28.1. The largest absolute Gasteiger partial charge is 0.450 e. The topological polar surface area (TPSA) is 251 Å². The molecule has 0 saturated carbocycles. The number of likely N-dealkylation sites (N-methyl/N-ethyl adjacent to an activating group) is 1. The van der Waals surface area contributed by atoms with Crippen LogP contribution < -0.4 is 0 Å². The fourth-order valence-electron chi connectivity index (χ4n) is 3.10. The third kappa shape index (κ3) is 5.75. The van der Waals surface area contributed by atoms with Gasteiger partial charge in [-0.15, -0.1) is 10.2 Å². The summed E-state index contributed by atoms with van der Waals surface area (Å²) in [5.74, 6) is -0.755. The molecule has 18 nitrogen and oxygen atoms in total. The van der Waals surface area contributed by atoms with Gasteiger partial charge in [0.2, 0.25) is 10.7 Å². The predicted octanol–water partition coefficient (Wildman–Crippen LogP) is 2.98. The van der Waals surface area contributed by atoms with E-state index in [1.807, 2.05) is 0 Å². The molecule has 2 unspecified atom stereocenters. The minimum absolute atomic E-state index is 0.111. The van der Waals surface area contributed by atoms with Crippen molar-refractivity contribution in [3.63, 3.8) is 0 Å². The van der Waals surface area contributed by atoms with Crippen LogP contribution in [0.4, 0.5) is 15.7 Å². The normalized spacial score (nSPS) is 19.4. The maximum absolute atomic E-state index is 12.2. The van der Waals surface area contributed by atoms with Crippen LogP contribution in [0.3, 0.4) is 0 Å². The third-order valence-corrected chi connectivity index (χ3v) is 7.37. The second-order valence-electron chi connectivity index (χ2n) is 6.97. The Hall–Kier alpha value is -4.09. The highest BCUT2D eigenvalue weighted by atomic mass is 32.2. The molecule has 20 heteroatoms. The molecule has 0 aliphatic carbocycles. The van der Waals surface area contributed by atoms with E-state index in [1.54, 1.807) is 13.0 Å². The molecule has 1 aliphatic heterocycles. The van der Waals surface area contributed by atoms with Gasteiger partial charge in [-0.1, -0.05) is 6.92 Å². The Balaban J connectivity index is 2.49. The summed E-state index contributed by atoms with van der Waals surface area (Å²) < 4.78 is 4.64. The molecular formula is C16H16N8O10S2. The van der Waals surface area contributed by atoms with Gasteiger partial charge in [0.05, 0.1) is 21.2 Å². The van der Waals surface area contributed by atoms with Crippen LogP contribution in [0, 0.1) is 51.8 Å². The average Bonchev–Trinajstić information content (AvgIpc) is 3.37. The summed E-state index contributed by atoms with van der Waals surface area (Å²) >= 11 is 0.760. The number of carbonyl (C=O) groups is 1. The number of nitrogens with zero attached hydrogens (tertiary/aromatic N) is 8. The van der Waals surface area contributed by atoms with E-state index in [2.05, 4.69) is 15.0 Å². The minimum atomic E-state index is -2.26. The molecule has 192 valence electrons. The summed E-state index contributed by atoms with van der Waals surface area (Å²) in [6.45, 7) is 2.17. The fraction of sp³-hybridized carbons (Fsp3) is 0.500. The van der Waals surface area contributed by atoms with Gasteiger partial charge in [0.25, 0.3) is 5.54 Å². The second kappa shape index (κ2) is 11.6. The van der Waals surface area contributed by atoms with Gasteiger partial charge in [0.1, 0.15) is 17.5 Å². The summed E-state index contributed by atoms with van der Waals surface area (Å²) in [5, 5.41) is 58.5. The number of rotatable bonds is 12. The molecule has 0 saturated heterocycles. The van der Waals surface area contributed by atoms with Gasteiger partial charge in [-0.05, 0) is 29.6 Å². The molecule has 1 aromatic rings. The second-order valence-corrected chi connectivity index (χ2v) is 9.05. The van der Waals surface area contributed by atoms with Crippen LogP contribution >= 0.6 is 23.1 Å². The maximum Gasteiger partial charge on any atom is 0.335 e. The number of thiophene rings is 1. The monoisotopic (exact) mass is 544 g/mol. The molecule has 0 radical (unpaired) electrons. The summed E-state index contributed by atoms with van der Waals surface area (Å²) in [4.78, 5) is 55.7. The van der Waals surface area contributed by atoms with Crippen LogP contribution in [0.1, 0.15) is 20.3 Å². The number of nitriles is 1. The lowest BCUT2D eigenvalue weighted by Gasteiger charge is -2.31. The molecule has 2 rings (SSSR count). The quantitative estimate of drug-likeness (QED) is 0.159. The Bertz CT molecular complexity index is 1210. The van der Waals surface area contributed by atoms with E-state index in [1.165, 1.54) is 4.90 Å². The Morgan fingerprint density at radius 2 is 1.86 bits per heavy atom. The van der Waals surface area contributed by atoms with Gasteiger partial charge in [0.15, 0.2) is 6.61 Å². The Labute approximate surface area is 208 Å². The van der Waals surface area contributed by atoms with Crippen LogP contribution in [0.2, 0.25) is 0 Å². The Kier molecular flexibility index (Phi) is 9.04. The first-order valence-corrected chi connectivity index (χ1v) is 11.4. The molecule has 2 heterocycles. The Morgan fingerprint density at radius 1 is 1.19 bits per heavy atom. The fourth-order valence-corrected chi connectivity index (χ4v) is 5.35. The summed E-state index contributed by atoms with van der Waals surface area (Å²) in [6, 6.07) is 2.25. The van der Waals surface area contributed by atoms with Crippen LogP contribution in [0.5, 0.6) is 0 Å². The van der Waals surface area contributed by atoms with Crippen LogP contribution in [-0.4, -0.2) is 61.2 Å². The number of azo groups is 1. The van der Waals surface area contributed by atoms with Crippen LogP contribution in [0.15, 0.2) is 27.0 Å². The zero-order valence-corrected chi connectivity index (χ0v) is 20.1. The van der Waals surface area contributed by atoms with Gasteiger partial charge in [0, 0.05) is 18.4 Å². The average molecular weight is 544 g/mol. The van der Waals surface area contributed by atoms with Crippen molar-refractivity contribution in [2.24, 2.45) is 10.2 Å². The van der Waals surface area contributed by atoms with Crippen LogP contribution in [0.25, 0.3) is 0 Å². The number of hydrogen-bond acceptors (Lipinski definition) is 16. The number of thioether (sulfide) groups is 1. The highest BCUT2D eigenvalue weighted by Crippen LogP contribution is 2.50. The number of nitro groups is 4. The molecule has 1 aliphatic rings. The van der Waals surface area contributed by atoms with E-state index in [-0.39, 0.29) is 30.8 Å². The van der Waals surface area contributed by atoms with Crippen molar-refractivity contribution in [2.75, 3.05) is 19.7 Å². The van der Waals surface area contributed by atoms with Gasteiger partial charge in [-0.2, -0.15) is 5.26 Å². The molecule has 0 aromatic carbocycles. The van der Waals surface area contributed by atoms with E-state index in [4.69, 9.17) is 5.26 Å². The van der Waals surface area contributed by atoms with Gasteiger partial charge < -0.3 is 4.74 Å². The lowest BCUT2D eigenvalue weighted by Crippen LogP contribution is -2.52. The van der Waals surface area contributed by atoms with Gasteiger partial charge in [-0.3, -0.25) is 50.2 Å². The molecular weight excluding hydrogens is 528 g/mol. The third-order valence-electron chi connectivity index (χ3n) is 4.87. The summed E-state index contributed by atoms with van der Waals surface area (Å²) in [6.07, 6.45) is -0.268. The standard InChI is InChI=1S/C16H16N8O10S2/c1-3-20(6-4-11(25)34-7-5-17)15-16(2,24(32)33)12(14(36-15)23(30)31)18-19-13-9(21(26)27)8-10(35-13)22(28)29/h8,15H,3-4,6-7H2,1-2H3. The zero-order valence-electron chi connectivity index (χ0n) is 18.5. The first-order valence-electron chi connectivity index (χ1n) is 9.69. The van der Waals surface area contributed by atoms with E-state index in [9.17, 15) is 45.3 Å². The molecule has 2 atom stereocenters. The van der Waals surface area contributed by atoms with Crippen molar-refractivity contribution in [2.45, 2.75) is 31.2 Å². The molecule has 0 bridgehead atoms. The number of esters is 1. The number of ether oxygens (including phenoxy) is 1. The van der Waals surface area contributed by atoms with Crippen molar-refractivity contribution >= 4 is 44.8 Å². The highest BCUT2D eigenvalue weighted by Gasteiger charge is 2.63. The smallest absolute Gasteiger partial charge is 0.335 e. The van der Waals surface area contributed by atoms with Crippen molar-refractivity contribution in [1.29, 1.82) is 5.26 Å². The van der Waals surface area contributed by atoms with Crippen molar-refractivity contribution in [1.82, 2.24) is 4.90 Å². The maximum atomic E-state index is 12.2. The van der Waals surface area contributed by atoms with E-state index < -0.39 is 69.6 Å². The molecule has 36 heavy (non-hydrogen) atoms. The van der Waals surface area contributed by atoms with E-state index in [0.29, 0.717) is 17.8 Å². The lowest BCUT2D eigenvalue weighted by molar-refractivity contribution is -0.557. The molecule has 0 fully saturated rings. The number of carbonyl (C=O) groups excluding carboxylic acids is 1. The lowest BCUT2D eigenvalue weighted by atomic mass is 9.98. The van der Waals surface area contributed by atoms with Crippen LogP contribution in [-0.2, 0) is 9.53 Å². The summed E-state index contributed by atoms with van der Waals surface area (Å²) in [7, 11) is 0. The van der Waals surface area contributed by atoms with E-state index >= 15 is 0 Å². The van der Waals surface area contributed by atoms with Gasteiger partial charge >= 0.3 is 21.7 Å². The van der Waals surface area contributed by atoms with E-state index in [0.717, 1.165) is 6.92 Å². The van der Waals surface area contributed by atoms with Crippen molar-refractivity contribution in [3.8, 4) is 6.07 Å². The van der Waals surface area contributed by atoms with Crippen molar-refractivity contribution < 1.29 is 29.2 Å². The van der Waals surface area contributed by atoms with Gasteiger partial charge in [-0.25, -0.2) is 0 Å². The molecule has 0 spiro atoms. The SMILES string of the molecule is CCN(CCC(=O)OCC#N)C1SC([N+](=O)[O-])=C(N=Nc2sc([N+](=O)[O-])cc2[N+](=O)[O-])C1(C)[N+](=O)[O-]. The highest BCUT2D eigenvalue weighted by molar-refractivity contribution is 8.03. The van der Waals surface area contributed by atoms with Crippen molar-refractivity contribution in [3.05, 3.63) is 57.2 Å².